The van der Waals surface area contributed by atoms with Gasteiger partial charge in [-0.2, -0.15) is 0 Å². The maximum atomic E-state index is 13.1. The molecule has 1 N–H and O–H groups in total. The number of nitrogens with zero attached hydrogens (tertiary/aromatic N) is 1. The predicted octanol–water partition coefficient (Wildman–Crippen LogP) is 4.50. The van der Waals surface area contributed by atoms with Gasteiger partial charge in [0.05, 0.1) is 5.41 Å². The van der Waals surface area contributed by atoms with Crippen molar-refractivity contribution in [1.29, 1.82) is 0 Å². The Morgan fingerprint density at radius 1 is 1.00 bits per heavy atom. The van der Waals surface area contributed by atoms with E-state index in [1.165, 1.54) is 4.90 Å². The van der Waals surface area contributed by atoms with E-state index in [9.17, 15) is 9.59 Å². The van der Waals surface area contributed by atoms with Crippen LogP contribution in [0.1, 0.15) is 32.3 Å². The third-order valence-corrected chi connectivity index (χ3v) is 5.26. The molecule has 0 unspecified atom stereocenters. The Bertz CT molecular complexity index is 798. The number of carbonyl (C=O) groups excluding carboxylic acids is 2. The van der Waals surface area contributed by atoms with Crippen LogP contribution >= 0.6 is 11.6 Å². The first kappa shape index (κ1) is 21.8. The third kappa shape index (κ3) is 5.04. The Kier molecular flexibility index (Phi) is 7.46. The van der Waals surface area contributed by atoms with Gasteiger partial charge in [0.25, 0.3) is 5.91 Å². The average Bonchev–Trinajstić information content (AvgIpc) is 2.69. The lowest BCUT2D eigenvalue weighted by Gasteiger charge is -2.31. The smallest absolute Gasteiger partial charge is 0.259 e. The lowest BCUT2D eigenvalue weighted by atomic mass is 9.75. The fourth-order valence-corrected chi connectivity index (χ4v) is 3.16. The zero-order valence-electron chi connectivity index (χ0n) is 16.8. The number of nitrogens with one attached hydrogen (secondary N) is 1. The lowest BCUT2D eigenvalue weighted by Crippen LogP contribution is -2.39. The molecule has 2 aromatic carbocycles. The minimum atomic E-state index is -0.627. The second-order valence-corrected chi connectivity index (χ2v) is 7.29. The molecule has 150 valence electrons. The number of rotatable bonds is 8. The molecule has 0 heterocycles. The minimum absolute atomic E-state index is 0.0238. The van der Waals surface area contributed by atoms with Crippen LogP contribution in [0.3, 0.4) is 0 Å². The van der Waals surface area contributed by atoms with Crippen molar-refractivity contribution in [3.8, 4) is 5.75 Å². The molecule has 0 radical (unpaired) electrons. The molecule has 0 saturated carbocycles. The number of carbonyl (C=O) groups is 2. The fourth-order valence-electron chi connectivity index (χ4n) is 3.04. The highest BCUT2D eigenvalue weighted by Crippen LogP contribution is 2.34. The summed E-state index contributed by atoms with van der Waals surface area (Å²) in [6.45, 7) is 4.00. The van der Waals surface area contributed by atoms with E-state index in [1.54, 1.807) is 38.4 Å². The molecule has 5 nitrogen and oxygen atoms in total. The molecule has 2 aromatic rings. The second-order valence-electron chi connectivity index (χ2n) is 6.85. The number of amides is 2. The zero-order chi connectivity index (χ0) is 20.7. The minimum Gasteiger partial charge on any atom is -0.484 e. The molecule has 6 heteroatoms. The van der Waals surface area contributed by atoms with E-state index < -0.39 is 5.41 Å². The summed E-state index contributed by atoms with van der Waals surface area (Å²) in [5.74, 6) is 0.399. The van der Waals surface area contributed by atoms with Crippen molar-refractivity contribution in [1.82, 2.24) is 4.90 Å². The Hall–Kier alpha value is -2.53. The van der Waals surface area contributed by atoms with Gasteiger partial charge in [-0.25, -0.2) is 0 Å². The highest BCUT2D eigenvalue weighted by Gasteiger charge is 2.36. The Morgan fingerprint density at radius 2 is 1.57 bits per heavy atom. The molecule has 0 fully saturated rings. The second kappa shape index (κ2) is 9.60. The van der Waals surface area contributed by atoms with Crippen molar-refractivity contribution < 1.29 is 14.3 Å². The standard InChI is InChI=1S/C22H27ClN2O3/c1-5-22(6-2,16-7-9-17(23)10-8-16)21(27)24-18-11-13-19(14-12-18)28-15-20(26)25(3)4/h7-14H,5-6,15H2,1-4H3,(H,24,27). The first-order chi connectivity index (χ1) is 13.3. The van der Waals surface area contributed by atoms with Gasteiger partial charge in [-0.3, -0.25) is 9.59 Å². The molecule has 28 heavy (non-hydrogen) atoms. The third-order valence-electron chi connectivity index (χ3n) is 5.01. The van der Waals surface area contributed by atoms with Crippen molar-refractivity contribution in [2.75, 3.05) is 26.0 Å². The molecular weight excluding hydrogens is 376 g/mol. The predicted molar refractivity (Wildman–Crippen MR) is 113 cm³/mol. The van der Waals surface area contributed by atoms with Gasteiger partial charge in [0.15, 0.2) is 6.61 Å². The maximum Gasteiger partial charge on any atom is 0.259 e. The Labute approximate surface area is 171 Å². The van der Waals surface area contributed by atoms with Gasteiger partial charge in [-0.05, 0) is 54.8 Å². The molecule has 2 amide bonds. The largest absolute Gasteiger partial charge is 0.484 e. The molecule has 0 saturated heterocycles. The number of ether oxygens (including phenoxy) is 1. The lowest BCUT2D eigenvalue weighted by molar-refractivity contribution is -0.130. The number of hydrogen-bond donors (Lipinski definition) is 1. The number of likely N-dealkylation sites (N-methyl/N-ethyl adjacent to an activating group) is 1. The van der Waals surface area contributed by atoms with Gasteiger partial charge >= 0.3 is 0 Å². The monoisotopic (exact) mass is 402 g/mol. The number of halogens is 1. The zero-order valence-corrected chi connectivity index (χ0v) is 17.5. The molecule has 0 atom stereocenters. The first-order valence-corrected chi connectivity index (χ1v) is 9.70. The van der Waals surface area contributed by atoms with E-state index in [1.807, 2.05) is 38.1 Å². The SMILES string of the molecule is CCC(CC)(C(=O)Nc1ccc(OCC(=O)N(C)C)cc1)c1ccc(Cl)cc1. The highest BCUT2D eigenvalue weighted by molar-refractivity contribution is 6.30. The summed E-state index contributed by atoms with van der Waals surface area (Å²) < 4.78 is 5.46. The van der Waals surface area contributed by atoms with Crippen LogP contribution < -0.4 is 10.1 Å². The van der Waals surface area contributed by atoms with E-state index in [4.69, 9.17) is 16.3 Å². The Balaban J connectivity index is 2.11. The molecule has 0 bridgehead atoms. The van der Waals surface area contributed by atoms with Crippen LogP contribution in [0.15, 0.2) is 48.5 Å². The van der Waals surface area contributed by atoms with Crippen LogP contribution in [0, 0.1) is 0 Å². The van der Waals surface area contributed by atoms with E-state index in [2.05, 4.69) is 5.32 Å². The molecular formula is C22H27ClN2O3. The topological polar surface area (TPSA) is 58.6 Å². The summed E-state index contributed by atoms with van der Waals surface area (Å²) in [5, 5.41) is 3.65. The van der Waals surface area contributed by atoms with Gasteiger partial charge in [0.2, 0.25) is 5.91 Å². The van der Waals surface area contributed by atoms with Crippen molar-refractivity contribution >= 4 is 29.1 Å². The molecule has 0 aliphatic rings. The first-order valence-electron chi connectivity index (χ1n) is 9.33. The van der Waals surface area contributed by atoms with Gasteiger partial charge < -0.3 is 15.0 Å². The van der Waals surface area contributed by atoms with Crippen molar-refractivity contribution in [3.05, 3.63) is 59.1 Å². The van der Waals surface area contributed by atoms with E-state index in [-0.39, 0.29) is 18.4 Å². The molecule has 0 aliphatic heterocycles. The summed E-state index contributed by atoms with van der Waals surface area (Å²) in [7, 11) is 3.36. The fraction of sp³-hybridized carbons (Fsp3) is 0.364. The van der Waals surface area contributed by atoms with E-state index in [0.29, 0.717) is 29.3 Å². The summed E-state index contributed by atoms with van der Waals surface area (Å²) in [4.78, 5) is 26.2. The molecule has 0 aliphatic carbocycles. The van der Waals surface area contributed by atoms with Crippen LogP contribution in [0.25, 0.3) is 0 Å². The molecule has 0 spiro atoms. The van der Waals surface area contributed by atoms with Crippen molar-refractivity contribution in [2.45, 2.75) is 32.1 Å². The molecule has 0 aromatic heterocycles. The quantitative estimate of drug-likeness (QED) is 0.707. The van der Waals surface area contributed by atoms with Crippen LogP contribution in [-0.4, -0.2) is 37.4 Å². The maximum absolute atomic E-state index is 13.1. The normalized spacial score (nSPS) is 11.0. The number of hydrogen-bond acceptors (Lipinski definition) is 3. The number of benzene rings is 2. The van der Waals surface area contributed by atoms with Crippen molar-refractivity contribution in [2.24, 2.45) is 0 Å². The van der Waals surface area contributed by atoms with E-state index in [0.717, 1.165) is 5.56 Å². The summed E-state index contributed by atoms with van der Waals surface area (Å²) >= 11 is 6.00. The summed E-state index contributed by atoms with van der Waals surface area (Å²) in [5.41, 5.74) is 0.996. The molecule has 2 rings (SSSR count). The average molecular weight is 403 g/mol. The van der Waals surface area contributed by atoms with Gasteiger partial charge in [0, 0.05) is 24.8 Å². The van der Waals surface area contributed by atoms with Gasteiger partial charge in [-0.15, -0.1) is 0 Å². The van der Waals surface area contributed by atoms with Crippen LogP contribution in [0.5, 0.6) is 5.75 Å². The van der Waals surface area contributed by atoms with Gasteiger partial charge in [-0.1, -0.05) is 37.6 Å². The van der Waals surface area contributed by atoms with Gasteiger partial charge in [0.1, 0.15) is 5.75 Å². The van der Waals surface area contributed by atoms with Crippen LogP contribution in [-0.2, 0) is 15.0 Å². The van der Waals surface area contributed by atoms with Crippen molar-refractivity contribution in [3.63, 3.8) is 0 Å². The Morgan fingerprint density at radius 3 is 2.07 bits per heavy atom. The van der Waals surface area contributed by atoms with Crippen LogP contribution in [0.2, 0.25) is 5.02 Å². The summed E-state index contributed by atoms with van der Waals surface area (Å²) in [6, 6.07) is 14.5. The number of anilines is 1. The van der Waals surface area contributed by atoms with Crippen LogP contribution in [0.4, 0.5) is 5.69 Å². The van der Waals surface area contributed by atoms with E-state index >= 15 is 0 Å². The highest BCUT2D eigenvalue weighted by atomic mass is 35.5. The summed E-state index contributed by atoms with van der Waals surface area (Å²) in [6.07, 6.45) is 1.34.